The van der Waals surface area contributed by atoms with E-state index in [1.165, 1.54) is 12.1 Å². The minimum atomic E-state index is -4.68. The number of hydrogen-bond donors (Lipinski definition) is 1. The number of carbonyl (C=O) groups is 1. The Morgan fingerprint density at radius 3 is 2.29 bits per heavy atom. The zero-order chi connectivity index (χ0) is 25.0. The second-order valence-corrected chi connectivity index (χ2v) is 8.68. The SMILES string of the molecule is CCCCCCCN(Cc1ccc(OCCCC)cc1)C(=O)Nc1cccc(Cl)c1C(F)(F)F. The van der Waals surface area contributed by atoms with Crippen LogP contribution >= 0.6 is 11.6 Å². The Bertz CT molecular complexity index is 889. The van der Waals surface area contributed by atoms with Crippen LogP contribution in [-0.4, -0.2) is 24.1 Å². The second-order valence-electron chi connectivity index (χ2n) is 8.27. The van der Waals surface area contributed by atoms with Crippen molar-refractivity contribution in [2.24, 2.45) is 0 Å². The highest BCUT2D eigenvalue weighted by Gasteiger charge is 2.36. The molecule has 4 nitrogen and oxygen atoms in total. The number of hydrogen-bond acceptors (Lipinski definition) is 2. The van der Waals surface area contributed by atoms with Crippen LogP contribution < -0.4 is 10.1 Å². The number of ether oxygens (including phenoxy) is 1. The molecule has 0 radical (unpaired) electrons. The fourth-order valence-electron chi connectivity index (χ4n) is 3.52. The monoisotopic (exact) mass is 498 g/mol. The van der Waals surface area contributed by atoms with Crippen LogP contribution in [0.4, 0.5) is 23.7 Å². The number of unbranched alkanes of at least 4 members (excludes halogenated alkanes) is 5. The Morgan fingerprint density at radius 2 is 1.65 bits per heavy atom. The second kappa shape index (κ2) is 14.1. The van der Waals surface area contributed by atoms with Gasteiger partial charge >= 0.3 is 12.2 Å². The minimum absolute atomic E-state index is 0.275. The highest BCUT2D eigenvalue weighted by molar-refractivity contribution is 6.32. The Labute approximate surface area is 205 Å². The summed E-state index contributed by atoms with van der Waals surface area (Å²) in [6.07, 6.45) is 2.33. The Hall–Kier alpha value is -2.41. The van der Waals surface area contributed by atoms with E-state index in [9.17, 15) is 18.0 Å². The first-order chi connectivity index (χ1) is 16.3. The highest BCUT2D eigenvalue weighted by atomic mass is 35.5. The van der Waals surface area contributed by atoms with Gasteiger partial charge in [0.1, 0.15) is 5.75 Å². The number of rotatable bonds is 13. The summed E-state index contributed by atoms with van der Waals surface area (Å²) >= 11 is 5.80. The van der Waals surface area contributed by atoms with Crippen molar-refractivity contribution in [3.8, 4) is 5.75 Å². The largest absolute Gasteiger partial charge is 0.494 e. The van der Waals surface area contributed by atoms with Crippen molar-refractivity contribution < 1.29 is 22.7 Å². The number of benzene rings is 2. The first-order valence-electron chi connectivity index (χ1n) is 11.9. The van der Waals surface area contributed by atoms with Crippen LogP contribution in [0.5, 0.6) is 5.75 Å². The zero-order valence-corrected chi connectivity index (χ0v) is 20.6. The standard InChI is InChI=1S/C26H34ClF3N2O2/c1-3-5-7-8-9-17-32(19-20-13-15-21(16-14-20)34-18-6-4-2)25(33)31-23-12-10-11-22(27)24(23)26(28,29)30/h10-16H,3-9,17-19H2,1-2H3,(H,31,33). The molecule has 2 amide bonds. The highest BCUT2D eigenvalue weighted by Crippen LogP contribution is 2.39. The van der Waals surface area contributed by atoms with Crippen molar-refractivity contribution >= 4 is 23.3 Å². The summed E-state index contributed by atoms with van der Waals surface area (Å²) in [4.78, 5) is 14.6. The molecule has 0 aliphatic heterocycles. The molecule has 0 aliphatic rings. The molecular formula is C26H34ClF3N2O2. The molecule has 2 rings (SSSR count). The lowest BCUT2D eigenvalue weighted by molar-refractivity contribution is -0.136. The summed E-state index contributed by atoms with van der Waals surface area (Å²) in [6, 6.07) is 10.6. The normalized spacial score (nSPS) is 11.4. The van der Waals surface area contributed by atoms with Crippen LogP contribution in [0.3, 0.4) is 0 Å². The molecule has 1 N–H and O–H groups in total. The molecule has 0 saturated heterocycles. The molecule has 0 heterocycles. The molecule has 2 aromatic carbocycles. The molecule has 0 atom stereocenters. The van der Waals surface area contributed by atoms with E-state index in [0.29, 0.717) is 13.2 Å². The van der Waals surface area contributed by atoms with E-state index in [1.807, 2.05) is 24.3 Å². The number of urea groups is 1. The van der Waals surface area contributed by atoms with E-state index < -0.39 is 22.8 Å². The Balaban J connectivity index is 2.14. The van der Waals surface area contributed by atoms with Crippen LogP contribution in [0.25, 0.3) is 0 Å². The number of anilines is 1. The van der Waals surface area contributed by atoms with Crippen LogP contribution in [0.15, 0.2) is 42.5 Å². The van der Waals surface area contributed by atoms with Crippen molar-refractivity contribution in [3.05, 3.63) is 58.6 Å². The minimum Gasteiger partial charge on any atom is -0.494 e. The lowest BCUT2D eigenvalue weighted by Crippen LogP contribution is -2.35. The van der Waals surface area contributed by atoms with Gasteiger partial charge in [0.05, 0.1) is 22.9 Å². The summed E-state index contributed by atoms with van der Waals surface area (Å²) in [5, 5.41) is 1.98. The first-order valence-corrected chi connectivity index (χ1v) is 12.3. The molecule has 8 heteroatoms. The van der Waals surface area contributed by atoms with E-state index in [-0.39, 0.29) is 12.2 Å². The summed E-state index contributed by atoms with van der Waals surface area (Å²) in [5.74, 6) is 0.751. The Kier molecular flexibility index (Phi) is 11.5. The number of amides is 2. The molecular weight excluding hydrogens is 465 g/mol. The molecule has 0 aromatic heterocycles. The van der Waals surface area contributed by atoms with Gasteiger partial charge in [0.2, 0.25) is 0 Å². The van der Waals surface area contributed by atoms with Crippen molar-refractivity contribution in [1.82, 2.24) is 4.90 Å². The van der Waals surface area contributed by atoms with Crippen LogP contribution in [0, 0.1) is 0 Å². The maximum Gasteiger partial charge on any atom is 0.419 e. The molecule has 0 saturated carbocycles. The van der Waals surface area contributed by atoms with Gasteiger partial charge in [-0.05, 0) is 42.7 Å². The van der Waals surface area contributed by atoms with Gasteiger partial charge in [-0.15, -0.1) is 0 Å². The van der Waals surface area contributed by atoms with Gasteiger partial charge in [-0.2, -0.15) is 13.2 Å². The number of nitrogens with one attached hydrogen (secondary N) is 1. The molecule has 2 aromatic rings. The van der Waals surface area contributed by atoms with E-state index in [1.54, 1.807) is 4.90 Å². The van der Waals surface area contributed by atoms with Gasteiger partial charge in [-0.25, -0.2) is 4.79 Å². The van der Waals surface area contributed by atoms with Crippen molar-refractivity contribution in [2.45, 2.75) is 71.5 Å². The number of nitrogens with zero attached hydrogens (tertiary/aromatic N) is 1. The van der Waals surface area contributed by atoms with Gasteiger partial charge in [0.15, 0.2) is 0 Å². The first kappa shape index (κ1) is 27.8. The van der Waals surface area contributed by atoms with E-state index in [4.69, 9.17) is 16.3 Å². The fourth-order valence-corrected chi connectivity index (χ4v) is 3.80. The maximum atomic E-state index is 13.5. The summed E-state index contributed by atoms with van der Waals surface area (Å²) in [7, 11) is 0. The lowest BCUT2D eigenvalue weighted by Gasteiger charge is -2.25. The van der Waals surface area contributed by atoms with Crippen LogP contribution in [-0.2, 0) is 12.7 Å². The molecule has 0 bridgehead atoms. The van der Waals surface area contributed by atoms with Crippen molar-refractivity contribution in [1.29, 1.82) is 0 Å². The zero-order valence-electron chi connectivity index (χ0n) is 19.9. The van der Waals surface area contributed by atoms with E-state index >= 15 is 0 Å². The number of halogens is 4. The predicted octanol–water partition coefficient (Wildman–Crippen LogP) is 8.54. The maximum absolute atomic E-state index is 13.5. The third-order valence-electron chi connectivity index (χ3n) is 5.42. The lowest BCUT2D eigenvalue weighted by atomic mass is 10.1. The number of alkyl halides is 3. The average molecular weight is 499 g/mol. The van der Waals surface area contributed by atoms with Crippen LogP contribution in [0.2, 0.25) is 5.02 Å². The van der Waals surface area contributed by atoms with Gasteiger partial charge in [0.25, 0.3) is 0 Å². The van der Waals surface area contributed by atoms with Crippen LogP contribution in [0.1, 0.15) is 69.9 Å². The summed E-state index contributed by atoms with van der Waals surface area (Å²) in [6.45, 7) is 5.57. The molecule has 0 aliphatic carbocycles. The average Bonchev–Trinajstić information content (AvgIpc) is 2.78. The fraction of sp³-hybridized carbons (Fsp3) is 0.500. The predicted molar refractivity (Wildman–Crippen MR) is 131 cm³/mol. The number of carbonyl (C=O) groups excluding carboxylic acids is 1. The van der Waals surface area contributed by atoms with Gasteiger partial charge < -0.3 is 15.0 Å². The van der Waals surface area contributed by atoms with Gasteiger partial charge in [0, 0.05) is 13.1 Å². The summed E-state index contributed by atoms with van der Waals surface area (Å²) < 4.78 is 46.2. The topological polar surface area (TPSA) is 41.6 Å². The van der Waals surface area contributed by atoms with E-state index in [0.717, 1.165) is 62.3 Å². The quantitative estimate of drug-likeness (QED) is 0.281. The van der Waals surface area contributed by atoms with E-state index in [2.05, 4.69) is 19.2 Å². The van der Waals surface area contributed by atoms with Gasteiger partial charge in [-0.1, -0.05) is 75.8 Å². The molecule has 0 fully saturated rings. The van der Waals surface area contributed by atoms with Crippen molar-refractivity contribution in [3.63, 3.8) is 0 Å². The molecule has 0 unspecified atom stereocenters. The molecule has 188 valence electrons. The molecule has 34 heavy (non-hydrogen) atoms. The third-order valence-corrected chi connectivity index (χ3v) is 5.74. The third kappa shape index (κ3) is 9.09. The summed E-state index contributed by atoms with van der Waals surface area (Å²) in [5.41, 5.74) is -0.518. The Morgan fingerprint density at radius 1 is 0.971 bits per heavy atom. The van der Waals surface area contributed by atoms with Crippen molar-refractivity contribution in [2.75, 3.05) is 18.5 Å². The smallest absolute Gasteiger partial charge is 0.419 e. The molecule has 0 spiro atoms. The van der Waals surface area contributed by atoms with Gasteiger partial charge in [-0.3, -0.25) is 0 Å².